The van der Waals surface area contributed by atoms with Gasteiger partial charge < -0.3 is 13.9 Å². The highest BCUT2D eigenvalue weighted by Crippen LogP contribution is 2.41. The van der Waals surface area contributed by atoms with Gasteiger partial charge in [0.2, 0.25) is 5.79 Å². The summed E-state index contributed by atoms with van der Waals surface area (Å²) in [4.78, 5) is 4.22. The van der Waals surface area contributed by atoms with Crippen molar-refractivity contribution in [1.82, 2.24) is 15.2 Å². The summed E-state index contributed by atoms with van der Waals surface area (Å²) in [6.07, 6.45) is 2.90. The number of nitrogens with one attached hydrogen (secondary N) is 1. The van der Waals surface area contributed by atoms with Gasteiger partial charge in [0.05, 0.1) is 19.6 Å². The summed E-state index contributed by atoms with van der Waals surface area (Å²) in [5, 5.41) is 7.84. The quantitative estimate of drug-likeness (QED) is 0.795. The van der Waals surface area contributed by atoms with E-state index in [0.29, 0.717) is 31.2 Å². The summed E-state index contributed by atoms with van der Waals surface area (Å²) in [6.45, 7) is 5.53. The number of hydrogen-bond donors (Lipinski definition) is 1. The Balaban J connectivity index is 1.73. The molecule has 3 heterocycles. The van der Waals surface area contributed by atoms with Gasteiger partial charge in [0.25, 0.3) is 0 Å². The van der Waals surface area contributed by atoms with Crippen molar-refractivity contribution in [2.45, 2.75) is 32.5 Å². The third-order valence-corrected chi connectivity index (χ3v) is 4.83. The summed E-state index contributed by atoms with van der Waals surface area (Å²) in [6, 6.07) is 9.89. The second-order valence-electron chi connectivity index (χ2n) is 6.75. The zero-order valence-electron chi connectivity index (χ0n) is 13.9. The van der Waals surface area contributed by atoms with E-state index in [0.717, 1.165) is 17.4 Å². The second-order valence-corrected chi connectivity index (χ2v) is 6.75. The molecule has 0 atom stereocenters. The van der Waals surface area contributed by atoms with E-state index in [-0.39, 0.29) is 5.41 Å². The van der Waals surface area contributed by atoms with E-state index in [2.05, 4.69) is 29.0 Å². The van der Waals surface area contributed by atoms with Crippen LogP contribution in [0.3, 0.4) is 0 Å². The topological polar surface area (TPSA) is 73.2 Å². The lowest BCUT2D eigenvalue weighted by atomic mass is 9.88. The molecular weight excluding hydrogens is 306 g/mol. The highest BCUT2D eigenvalue weighted by atomic mass is 16.7. The van der Waals surface area contributed by atoms with Crippen molar-refractivity contribution in [3.63, 3.8) is 0 Å². The molecule has 0 amide bonds. The molecule has 0 saturated carbocycles. The minimum Gasteiger partial charge on any atom is -0.455 e. The lowest BCUT2D eigenvalue weighted by Crippen LogP contribution is -2.47. The molecule has 1 aromatic carbocycles. The van der Waals surface area contributed by atoms with Gasteiger partial charge in [0, 0.05) is 10.8 Å². The zero-order chi connectivity index (χ0) is 16.6. The highest BCUT2D eigenvalue weighted by Gasteiger charge is 2.46. The van der Waals surface area contributed by atoms with Crippen LogP contribution in [-0.2, 0) is 21.7 Å². The Morgan fingerprint density at radius 3 is 2.67 bits per heavy atom. The number of aromatic nitrogens is 3. The maximum atomic E-state index is 6.26. The van der Waals surface area contributed by atoms with Crippen molar-refractivity contribution >= 4 is 11.0 Å². The molecule has 0 spiro atoms. The average Bonchev–Trinajstić information content (AvgIpc) is 3.26. The minimum atomic E-state index is -0.979. The lowest BCUT2D eigenvalue weighted by Gasteiger charge is -2.43. The predicted octanol–water partition coefficient (Wildman–Crippen LogP) is 3.41. The predicted molar refractivity (Wildman–Crippen MR) is 88.3 cm³/mol. The van der Waals surface area contributed by atoms with Gasteiger partial charge in [-0.3, -0.25) is 5.10 Å². The van der Waals surface area contributed by atoms with E-state index in [1.54, 1.807) is 0 Å². The van der Waals surface area contributed by atoms with Gasteiger partial charge in [-0.15, -0.1) is 0 Å². The van der Waals surface area contributed by atoms with Crippen LogP contribution < -0.4 is 0 Å². The van der Waals surface area contributed by atoms with Crippen molar-refractivity contribution in [3.05, 3.63) is 48.2 Å². The van der Waals surface area contributed by atoms with Crippen molar-refractivity contribution in [2.75, 3.05) is 13.2 Å². The first-order valence-electron chi connectivity index (χ1n) is 8.24. The first-order chi connectivity index (χ1) is 11.6. The van der Waals surface area contributed by atoms with Gasteiger partial charge in [-0.25, -0.2) is 4.98 Å². The van der Waals surface area contributed by atoms with Crippen LogP contribution in [0.5, 0.6) is 0 Å². The maximum absolute atomic E-state index is 6.26. The van der Waals surface area contributed by atoms with Crippen molar-refractivity contribution in [3.8, 4) is 0 Å². The van der Waals surface area contributed by atoms with Gasteiger partial charge in [-0.1, -0.05) is 32.0 Å². The standard InChI is InChI=1S/C18H21N3O3/c1-3-17(2)10-22-18(23-11-17,9-16-19-12-20-21-16)15-8-13-6-4-5-7-14(13)24-15/h4-8,12H,3,9-11H2,1-2H3,(H,19,20,21). The number of furan rings is 1. The summed E-state index contributed by atoms with van der Waals surface area (Å²) in [5.41, 5.74) is 0.831. The Morgan fingerprint density at radius 1 is 1.21 bits per heavy atom. The summed E-state index contributed by atoms with van der Waals surface area (Å²) in [5.74, 6) is 0.390. The number of para-hydroxylation sites is 1. The molecule has 1 N–H and O–H groups in total. The van der Waals surface area contributed by atoms with Crippen molar-refractivity contribution in [2.24, 2.45) is 5.41 Å². The van der Waals surface area contributed by atoms with Gasteiger partial charge in [0.15, 0.2) is 5.76 Å². The molecule has 126 valence electrons. The summed E-state index contributed by atoms with van der Waals surface area (Å²) < 4.78 is 18.6. The third-order valence-electron chi connectivity index (χ3n) is 4.83. The highest BCUT2D eigenvalue weighted by molar-refractivity contribution is 5.77. The van der Waals surface area contributed by atoms with E-state index >= 15 is 0 Å². The molecule has 3 aromatic rings. The fourth-order valence-corrected chi connectivity index (χ4v) is 2.91. The maximum Gasteiger partial charge on any atom is 0.235 e. The molecule has 6 heteroatoms. The van der Waals surface area contributed by atoms with E-state index in [9.17, 15) is 0 Å². The molecule has 6 nitrogen and oxygen atoms in total. The average molecular weight is 327 g/mol. The monoisotopic (exact) mass is 327 g/mol. The first-order valence-corrected chi connectivity index (χ1v) is 8.24. The van der Waals surface area contributed by atoms with E-state index in [4.69, 9.17) is 13.9 Å². The number of aromatic amines is 1. The van der Waals surface area contributed by atoms with Crippen LogP contribution >= 0.6 is 0 Å². The SMILES string of the molecule is CCC1(C)COC(Cc2ncn[nH]2)(c2cc3ccccc3o2)OC1. The number of nitrogens with zero attached hydrogens (tertiary/aromatic N) is 2. The van der Waals surface area contributed by atoms with Gasteiger partial charge in [-0.05, 0) is 18.6 Å². The van der Waals surface area contributed by atoms with E-state index in [1.165, 1.54) is 6.33 Å². The molecule has 4 rings (SSSR count). The molecule has 1 fully saturated rings. The minimum absolute atomic E-state index is 0.0108. The normalized spacial score (nSPS) is 27.6. The van der Waals surface area contributed by atoms with Crippen LogP contribution in [0.1, 0.15) is 31.9 Å². The Morgan fingerprint density at radius 2 is 2.00 bits per heavy atom. The molecule has 1 aliphatic rings. The largest absolute Gasteiger partial charge is 0.455 e. The summed E-state index contributed by atoms with van der Waals surface area (Å²) >= 11 is 0. The van der Waals surface area contributed by atoms with Gasteiger partial charge in [0.1, 0.15) is 17.7 Å². The van der Waals surface area contributed by atoms with Crippen LogP contribution in [0.4, 0.5) is 0 Å². The number of H-pyrrole nitrogens is 1. The lowest BCUT2D eigenvalue weighted by molar-refractivity contribution is -0.318. The number of hydrogen-bond acceptors (Lipinski definition) is 5. The van der Waals surface area contributed by atoms with Crippen LogP contribution in [0, 0.1) is 5.41 Å². The molecule has 2 aromatic heterocycles. The zero-order valence-corrected chi connectivity index (χ0v) is 13.9. The summed E-state index contributed by atoms with van der Waals surface area (Å²) in [7, 11) is 0. The Labute approximate surface area is 140 Å². The fraction of sp³-hybridized carbons (Fsp3) is 0.444. The Kier molecular flexibility index (Phi) is 3.66. The number of benzene rings is 1. The fourth-order valence-electron chi connectivity index (χ4n) is 2.91. The number of fused-ring (bicyclic) bond motifs is 1. The number of ether oxygens (including phenoxy) is 2. The van der Waals surface area contributed by atoms with Gasteiger partial charge in [-0.2, -0.15) is 5.10 Å². The number of rotatable bonds is 4. The Bertz CT molecular complexity index is 784. The van der Waals surface area contributed by atoms with Crippen molar-refractivity contribution in [1.29, 1.82) is 0 Å². The van der Waals surface area contributed by atoms with Crippen LogP contribution in [0.15, 0.2) is 41.1 Å². The van der Waals surface area contributed by atoms with Gasteiger partial charge >= 0.3 is 0 Å². The van der Waals surface area contributed by atoms with Crippen LogP contribution in [0.25, 0.3) is 11.0 Å². The molecule has 24 heavy (non-hydrogen) atoms. The molecule has 0 radical (unpaired) electrons. The van der Waals surface area contributed by atoms with Crippen LogP contribution in [0.2, 0.25) is 0 Å². The smallest absolute Gasteiger partial charge is 0.235 e. The van der Waals surface area contributed by atoms with E-state index in [1.807, 2.05) is 30.3 Å². The molecule has 0 bridgehead atoms. The van der Waals surface area contributed by atoms with Crippen LogP contribution in [-0.4, -0.2) is 28.4 Å². The second kappa shape index (κ2) is 5.72. The van der Waals surface area contributed by atoms with Crippen molar-refractivity contribution < 1.29 is 13.9 Å². The first kappa shape index (κ1) is 15.4. The molecule has 1 saturated heterocycles. The molecule has 0 unspecified atom stereocenters. The Hall–Kier alpha value is -2.18. The third kappa shape index (κ3) is 2.61. The molecule has 0 aliphatic carbocycles. The van der Waals surface area contributed by atoms with E-state index < -0.39 is 5.79 Å². The molecule has 1 aliphatic heterocycles. The molecular formula is C18H21N3O3.